The van der Waals surface area contributed by atoms with Crippen LogP contribution in [0.5, 0.6) is 0 Å². The van der Waals surface area contributed by atoms with Crippen LogP contribution in [0.25, 0.3) is 0 Å². The molecule has 0 aromatic heterocycles. The van der Waals surface area contributed by atoms with E-state index in [-0.39, 0.29) is 30.1 Å². The second-order valence-electron chi connectivity index (χ2n) is 4.28. The van der Waals surface area contributed by atoms with E-state index in [0.717, 1.165) is 0 Å². The molecule has 2 aliphatic heterocycles. The highest BCUT2D eigenvalue weighted by atomic mass is 16.6. The standard InChI is InChI=1S/C12H17NO4/c1-3-5-8-10-9(17-11(8)14)6-7-13(10)12(15)16-4-2/h3,8-10H,1,4-7H2,2H3/t8-,9+,10?/m1/s1. The highest BCUT2D eigenvalue weighted by Gasteiger charge is 2.52. The Morgan fingerprint density at radius 1 is 1.71 bits per heavy atom. The minimum atomic E-state index is -0.354. The van der Waals surface area contributed by atoms with Gasteiger partial charge in [0.2, 0.25) is 0 Å². The van der Waals surface area contributed by atoms with Crippen molar-refractivity contribution in [2.24, 2.45) is 5.92 Å². The third kappa shape index (κ3) is 2.01. The molecule has 1 amide bonds. The van der Waals surface area contributed by atoms with Crippen LogP contribution in [0.15, 0.2) is 12.7 Å². The van der Waals surface area contributed by atoms with E-state index in [1.807, 2.05) is 0 Å². The zero-order valence-corrected chi connectivity index (χ0v) is 9.93. The van der Waals surface area contributed by atoms with Crippen molar-refractivity contribution in [3.05, 3.63) is 12.7 Å². The van der Waals surface area contributed by atoms with Gasteiger partial charge in [-0.2, -0.15) is 0 Å². The molecule has 0 spiro atoms. The quantitative estimate of drug-likeness (QED) is 0.551. The fourth-order valence-electron chi connectivity index (χ4n) is 2.60. The molecule has 2 fully saturated rings. The lowest BCUT2D eigenvalue weighted by atomic mass is 9.96. The Morgan fingerprint density at radius 3 is 3.12 bits per heavy atom. The van der Waals surface area contributed by atoms with Crippen molar-refractivity contribution in [2.75, 3.05) is 13.2 Å². The van der Waals surface area contributed by atoms with Gasteiger partial charge in [-0.1, -0.05) is 6.08 Å². The van der Waals surface area contributed by atoms with Gasteiger partial charge in [-0.3, -0.25) is 4.79 Å². The third-order valence-corrected chi connectivity index (χ3v) is 3.30. The first kappa shape index (κ1) is 12.0. The summed E-state index contributed by atoms with van der Waals surface area (Å²) in [6.45, 7) is 6.34. The van der Waals surface area contributed by atoms with Crippen LogP contribution in [0.4, 0.5) is 4.79 Å². The van der Waals surface area contributed by atoms with E-state index < -0.39 is 0 Å². The Balaban J connectivity index is 2.13. The summed E-state index contributed by atoms with van der Waals surface area (Å²) in [4.78, 5) is 25.0. The third-order valence-electron chi connectivity index (χ3n) is 3.30. The van der Waals surface area contributed by atoms with E-state index >= 15 is 0 Å². The molecule has 5 heteroatoms. The molecule has 2 saturated heterocycles. The zero-order valence-electron chi connectivity index (χ0n) is 9.93. The van der Waals surface area contributed by atoms with Crippen molar-refractivity contribution in [3.63, 3.8) is 0 Å². The first-order chi connectivity index (χ1) is 8.19. The molecule has 0 aromatic carbocycles. The number of likely N-dealkylation sites (tertiary alicyclic amines) is 1. The van der Waals surface area contributed by atoms with Gasteiger partial charge in [0.1, 0.15) is 6.10 Å². The summed E-state index contributed by atoms with van der Waals surface area (Å²) in [7, 11) is 0. The lowest BCUT2D eigenvalue weighted by Gasteiger charge is -2.24. The number of carbonyl (C=O) groups excluding carboxylic acids is 2. The lowest BCUT2D eigenvalue weighted by Crippen LogP contribution is -2.42. The molecular formula is C12H17NO4. The SMILES string of the molecule is C=CC[C@H]1C(=O)O[C@H]2CCN(C(=O)OCC)C21. The van der Waals surface area contributed by atoms with Crippen LogP contribution in [-0.4, -0.2) is 42.3 Å². The average Bonchev–Trinajstić information content (AvgIpc) is 2.80. The average molecular weight is 239 g/mol. The molecule has 94 valence electrons. The number of allylic oxidation sites excluding steroid dienone is 1. The number of nitrogens with zero attached hydrogens (tertiary/aromatic N) is 1. The normalized spacial score (nSPS) is 31.0. The molecule has 2 heterocycles. The van der Waals surface area contributed by atoms with Gasteiger partial charge < -0.3 is 14.4 Å². The van der Waals surface area contributed by atoms with Gasteiger partial charge in [0, 0.05) is 13.0 Å². The molecule has 17 heavy (non-hydrogen) atoms. The largest absolute Gasteiger partial charge is 0.460 e. The Morgan fingerprint density at radius 2 is 2.47 bits per heavy atom. The number of carbonyl (C=O) groups is 2. The molecule has 0 aliphatic carbocycles. The number of ether oxygens (including phenoxy) is 2. The van der Waals surface area contributed by atoms with Crippen molar-refractivity contribution >= 4 is 12.1 Å². The predicted octanol–water partition coefficient (Wildman–Crippen LogP) is 1.33. The van der Waals surface area contributed by atoms with E-state index in [4.69, 9.17) is 9.47 Å². The van der Waals surface area contributed by atoms with Crippen LogP contribution in [0.2, 0.25) is 0 Å². The van der Waals surface area contributed by atoms with Crippen molar-refractivity contribution in [2.45, 2.75) is 31.9 Å². The summed E-state index contributed by atoms with van der Waals surface area (Å²) in [5.74, 6) is -0.515. The molecular weight excluding hydrogens is 222 g/mol. The van der Waals surface area contributed by atoms with Crippen molar-refractivity contribution in [3.8, 4) is 0 Å². The molecule has 0 radical (unpaired) electrons. The second-order valence-corrected chi connectivity index (χ2v) is 4.28. The maximum absolute atomic E-state index is 11.8. The molecule has 0 bridgehead atoms. The minimum Gasteiger partial charge on any atom is -0.460 e. The monoisotopic (exact) mass is 239 g/mol. The summed E-state index contributed by atoms with van der Waals surface area (Å²) in [6.07, 6.45) is 2.40. The fourth-order valence-corrected chi connectivity index (χ4v) is 2.60. The first-order valence-electron chi connectivity index (χ1n) is 5.93. The molecule has 2 aliphatic rings. The van der Waals surface area contributed by atoms with Crippen LogP contribution in [0.1, 0.15) is 19.8 Å². The Kier molecular flexibility index (Phi) is 3.36. The van der Waals surface area contributed by atoms with E-state index in [0.29, 0.717) is 26.0 Å². The Labute approximate surface area is 100 Å². The summed E-state index contributed by atoms with van der Waals surface area (Å²) >= 11 is 0. The lowest BCUT2D eigenvalue weighted by molar-refractivity contribution is -0.144. The smallest absolute Gasteiger partial charge is 0.410 e. The highest BCUT2D eigenvalue weighted by molar-refractivity contribution is 5.79. The Bertz CT molecular complexity index is 341. The van der Waals surface area contributed by atoms with Crippen LogP contribution >= 0.6 is 0 Å². The van der Waals surface area contributed by atoms with Gasteiger partial charge in [-0.15, -0.1) is 6.58 Å². The maximum atomic E-state index is 11.8. The van der Waals surface area contributed by atoms with Crippen molar-refractivity contribution < 1.29 is 19.1 Å². The topological polar surface area (TPSA) is 55.8 Å². The molecule has 5 nitrogen and oxygen atoms in total. The highest BCUT2D eigenvalue weighted by Crippen LogP contribution is 2.36. The van der Waals surface area contributed by atoms with Crippen molar-refractivity contribution in [1.29, 1.82) is 0 Å². The Hall–Kier alpha value is -1.52. The number of rotatable bonds is 3. The molecule has 0 saturated carbocycles. The molecule has 1 unspecified atom stereocenters. The van der Waals surface area contributed by atoms with E-state index in [1.165, 1.54) is 0 Å². The first-order valence-corrected chi connectivity index (χ1v) is 5.93. The van der Waals surface area contributed by atoms with E-state index in [9.17, 15) is 9.59 Å². The van der Waals surface area contributed by atoms with Gasteiger partial charge in [0.15, 0.2) is 0 Å². The van der Waals surface area contributed by atoms with Crippen LogP contribution in [-0.2, 0) is 14.3 Å². The number of esters is 1. The van der Waals surface area contributed by atoms with Gasteiger partial charge in [0.25, 0.3) is 0 Å². The van der Waals surface area contributed by atoms with Gasteiger partial charge in [-0.05, 0) is 13.3 Å². The van der Waals surface area contributed by atoms with E-state index in [1.54, 1.807) is 17.9 Å². The number of hydrogen-bond acceptors (Lipinski definition) is 4. The molecule has 3 atom stereocenters. The van der Waals surface area contributed by atoms with Gasteiger partial charge in [0.05, 0.1) is 18.6 Å². The van der Waals surface area contributed by atoms with Gasteiger partial charge >= 0.3 is 12.1 Å². The maximum Gasteiger partial charge on any atom is 0.410 e. The summed E-state index contributed by atoms with van der Waals surface area (Å²) in [5, 5.41) is 0. The predicted molar refractivity (Wildman–Crippen MR) is 60.3 cm³/mol. The minimum absolute atomic E-state index is 0.170. The van der Waals surface area contributed by atoms with Crippen LogP contribution in [0, 0.1) is 5.92 Å². The van der Waals surface area contributed by atoms with E-state index in [2.05, 4.69) is 6.58 Å². The summed E-state index contributed by atoms with van der Waals surface area (Å²) in [5.41, 5.74) is 0. The van der Waals surface area contributed by atoms with Gasteiger partial charge in [-0.25, -0.2) is 4.79 Å². The summed E-state index contributed by atoms with van der Waals surface area (Å²) in [6, 6.07) is -0.181. The summed E-state index contributed by atoms with van der Waals surface area (Å²) < 4.78 is 10.3. The molecule has 0 aromatic rings. The van der Waals surface area contributed by atoms with Crippen LogP contribution in [0.3, 0.4) is 0 Å². The zero-order chi connectivity index (χ0) is 12.4. The molecule has 0 N–H and O–H groups in total. The molecule has 2 rings (SSSR count). The second kappa shape index (κ2) is 4.77. The number of amides is 1. The number of fused-ring (bicyclic) bond motifs is 1. The number of hydrogen-bond donors (Lipinski definition) is 0. The van der Waals surface area contributed by atoms with Crippen molar-refractivity contribution in [1.82, 2.24) is 4.90 Å². The fraction of sp³-hybridized carbons (Fsp3) is 0.667. The van der Waals surface area contributed by atoms with Crippen LogP contribution < -0.4 is 0 Å².